The van der Waals surface area contributed by atoms with Gasteiger partial charge in [0.05, 0.1) is 21.6 Å². The number of carbonyl (C=O) groups is 2. The Kier molecular flexibility index (Phi) is 7.87. The van der Waals surface area contributed by atoms with Gasteiger partial charge in [-0.15, -0.1) is 23.1 Å². The number of aromatic nitrogens is 1. The fourth-order valence-electron chi connectivity index (χ4n) is 2.51. The van der Waals surface area contributed by atoms with Gasteiger partial charge in [0.1, 0.15) is 0 Å². The maximum atomic E-state index is 11.8. The zero-order chi connectivity index (χ0) is 19.6. The quantitative estimate of drug-likeness (QED) is 0.308. The Morgan fingerprint density at radius 3 is 2.68 bits per heavy atom. The first-order valence-corrected chi connectivity index (χ1v) is 11.0. The number of aryl methyl sites for hydroxylation is 1. The third-order valence-corrected chi connectivity index (χ3v) is 6.10. The lowest BCUT2D eigenvalue weighted by Crippen LogP contribution is -2.29. The van der Waals surface area contributed by atoms with Crippen molar-refractivity contribution in [2.45, 2.75) is 24.2 Å². The molecule has 1 heterocycles. The van der Waals surface area contributed by atoms with Gasteiger partial charge in [0.25, 0.3) is 5.91 Å². The molecule has 0 radical (unpaired) electrons. The largest absolute Gasteiger partial charge is 0.456 e. The predicted octanol–water partition coefficient (Wildman–Crippen LogP) is 4.07. The summed E-state index contributed by atoms with van der Waals surface area (Å²) < 4.78 is 6.15. The van der Waals surface area contributed by atoms with E-state index in [-0.39, 0.29) is 24.9 Å². The molecule has 0 bridgehead atoms. The number of esters is 1. The number of hydrogen-bond donors (Lipinski definition) is 1. The van der Waals surface area contributed by atoms with Gasteiger partial charge in [-0.3, -0.25) is 9.59 Å². The van der Waals surface area contributed by atoms with Crippen LogP contribution < -0.4 is 5.32 Å². The van der Waals surface area contributed by atoms with Crippen LogP contribution in [-0.4, -0.2) is 35.8 Å². The highest BCUT2D eigenvalue weighted by Crippen LogP contribution is 2.22. The minimum Gasteiger partial charge on any atom is -0.456 e. The van der Waals surface area contributed by atoms with Gasteiger partial charge in [0.2, 0.25) is 0 Å². The smallest absolute Gasteiger partial charge is 0.306 e. The third kappa shape index (κ3) is 6.65. The first-order valence-electron chi connectivity index (χ1n) is 9.15. The van der Waals surface area contributed by atoms with Gasteiger partial charge in [-0.2, -0.15) is 0 Å². The van der Waals surface area contributed by atoms with E-state index in [0.29, 0.717) is 13.0 Å². The molecule has 3 aromatic rings. The summed E-state index contributed by atoms with van der Waals surface area (Å²) in [6.45, 7) is 0.340. The molecule has 146 valence electrons. The number of amides is 1. The summed E-state index contributed by atoms with van der Waals surface area (Å²) in [7, 11) is 0. The minimum atomic E-state index is -0.381. The van der Waals surface area contributed by atoms with Crippen molar-refractivity contribution in [1.29, 1.82) is 0 Å². The van der Waals surface area contributed by atoms with Crippen molar-refractivity contribution in [2.75, 3.05) is 18.9 Å². The van der Waals surface area contributed by atoms with E-state index < -0.39 is 0 Å². The van der Waals surface area contributed by atoms with Crippen LogP contribution in [0.15, 0.2) is 59.5 Å². The van der Waals surface area contributed by atoms with Crippen molar-refractivity contribution in [3.8, 4) is 0 Å². The molecule has 2 aromatic carbocycles. The van der Waals surface area contributed by atoms with E-state index in [9.17, 15) is 9.59 Å². The van der Waals surface area contributed by atoms with E-state index in [2.05, 4.69) is 22.4 Å². The van der Waals surface area contributed by atoms with Gasteiger partial charge in [-0.25, -0.2) is 4.98 Å². The number of fused-ring (bicyclic) bond motifs is 1. The molecule has 1 amide bonds. The van der Waals surface area contributed by atoms with Gasteiger partial charge in [-0.05, 0) is 36.4 Å². The molecule has 1 N–H and O–H groups in total. The molecule has 1 aromatic heterocycles. The first kappa shape index (κ1) is 20.4. The van der Waals surface area contributed by atoms with Crippen molar-refractivity contribution in [2.24, 2.45) is 0 Å². The van der Waals surface area contributed by atoms with Crippen molar-refractivity contribution < 1.29 is 14.3 Å². The molecule has 0 aliphatic carbocycles. The molecular weight excluding hydrogens is 392 g/mol. The number of ether oxygens (including phenoxy) is 1. The van der Waals surface area contributed by atoms with Crippen LogP contribution in [0.5, 0.6) is 0 Å². The Hall–Kier alpha value is -2.38. The van der Waals surface area contributed by atoms with Crippen LogP contribution in [-0.2, 0) is 20.7 Å². The summed E-state index contributed by atoms with van der Waals surface area (Å²) in [6.07, 6.45) is 1.61. The number of thiazole rings is 1. The van der Waals surface area contributed by atoms with Crippen molar-refractivity contribution in [3.63, 3.8) is 0 Å². The van der Waals surface area contributed by atoms with Crippen molar-refractivity contribution in [3.05, 3.63) is 59.6 Å². The van der Waals surface area contributed by atoms with E-state index in [4.69, 9.17) is 4.74 Å². The summed E-state index contributed by atoms with van der Waals surface area (Å²) in [5.41, 5.74) is 0.945. The van der Waals surface area contributed by atoms with Crippen molar-refractivity contribution in [1.82, 2.24) is 10.3 Å². The highest BCUT2D eigenvalue weighted by atomic mass is 32.2. The topological polar surface area (TPSA) is 68.3 Å². The lowest BCUT2D eigenvalue weighted by atomic mass is 10.3. The maximum absolute atomic E-state index is 11.8. The summed E-state index contributed by atoms with van der Waals surface area (Å²) in [4.78, 5) is 29.3. The molecule has 0 aliphatic rings. The molecule has 0 saturated heterocycles. The summed E-state index contributed by atoms with van der Waals surface area (Å²) in [5.74, 6) is 0.277. The number of benzene rings is 2. The van der Waals surface area contributed by atoms with E-state index >= 15 is 0 Å². The Morgan fingerprint density at radius 2 is 1.86 bits per heavy atom. The SMILES string of the molecule is O=C(COC(=O)CCc1nc2ccccc2s1)NCCCSc1ccccc1. The number of nitrogens with one attached hydrogen (secondary N) is 1. The van der Waals surface area contributed by atoms with Gasteiger partial charge < -0.3 is 10.1 Å². The molecule has 3 rings (SSSR count). The highest BCUT2D eigenvalue weighted by Gasteiger charge is 2.10. The second-order valence-corrected chi connectivity index (χ2v) is 8.38. The predicted molar refractivity (Wildman–Crippen MR) is 114 cm³/mol. The lowest BCUT2D eigenvalue weighted by molar-refractivity contribution is -0.148. The van der Waals surface area contributed by atoms with E-state index in [1.807, 2.05) is 42.5 Å². The maximum Gasteiger partial charge on any atom is 0.306 e. The zero-order valence-corrected chi connectivity index (χ0v) is 17.1. The number of thioether (sulfide) groups is 1. The molecular formula is C21H22N2O3S2. The zero-order valence-electron chi connectivity index (χ0n) is 15.4. The Morgan fingerprint density at radius 1 is 1.07 bits per heavy atom. The number of hydrogen-bond acceptors (Lipinski definition) is 6. The molecule has 5 nitrogen and oxygen atoms in total. The Balaban J connectivity index is 1.26. The number of carbonyl (C=O) groups excluding carboxylic acids is 2. The normalized spacial score (nSPS) is 10.7. The second-order valence-electron chi connectivity index (χ2n) is 6.10. The molecule has 28 heavy (non-hydrogen) atoms. The minimum absolute atomic E-state index is 0.223. The molecule has 0 unspecified atom stereocenters. The van der Waals surface area contributed by atoms with Gasteiger partial charge in [-0.1, -0.05) is 30.3 Å². The van der Waals surface area contributed by atoms with E-state index in [1.165, 1.54) is 4.90 Å². The second kappa shape index (κ2) is 10.8. The standard InChI is InChI=1S/C21H22N2O3S2/c24-19(22-13-6-14-27-16-7-2-1-3-8-16)15-26-21(25)12-11-20-23-17-9-4-5-10-18(17)28-20/h1-5,7-10H,6,11-15H2,(H,22,24). The lowest BCUT2D eigenvalue weighted by Gasteiger charge is -2.06. The number of para-hydroxylation sites is 1. The summed E-state index contributed by atoms with van der Waals surface area (Å²) >= 11 is 3.33. The summed E-state index contributed by atoms with van der Waals surface area (Å²) in [6, 6.07) is 18.0. The Bertz CT molecular complexity index is 879. The fraction of sp³-hybridized carbons (Fsp3) is 0.286. The molecule has 0 saturated carbocycles. The van der Waals surface area contributed by atoms with Gasteiger partial charge in [0.15, 0.2) is 6.61 Å². The van der Waals surface area contributed by atoms with Crippen LogP contribution in [0.25, 0.3) is 10.2 Å². The van der Waals surface area contributed by atoms with Crippen LogP contribution in [0.1, 0.15) is 17.8 Å². The average Bonchev–Trinajstić information content (AvgIpc) is 3.14. The summed E-state index contributed by atoms with van der Waals surface area (Å²) in [5, 5.41) is 3.68. The molecule has 0 fully saturated rings. The third-order valence-electron chi connectivity index (χ3n) is 3.90. The molecule has 0 aliphatic heterocycles. The molecule has 0 atom stereocenters. The van der Waals surface area contributed by atoms with Crippen molar-refractivity contribution >= 4 is 45.2 Å². The highest BCUT2D eigenvalue weighted by molar-refractivity contribution is 7.99. The molecule has 7 heteroatoms. The fourth-order valence-corrected chi connectivity index (χ4v) is 4.35. The first-order chi connectivity index (χ1) is 13.7. The number of rotatable bonds is 10. The number of nitrogens with zero attached hydrogens (tertiary/aromatic N) is 1. The van der Waals surface area contributed by atoms with E-state index in [1.54, 1.807) is 23.1 Å². The average molecular weight is 415 g/mol. The van der Waals surface area contributed by atoms with Crippen LogP contribution >= 0.6 is 23.1 Å². The van der Waals surface area contributed by atoms with Crippen LogP contribution in [0, 0.1) is 0 Å². The van der Waals surface area contributed by atoms with Crippen LogP contribution in [0.3, 0.4) is 0 Å². The monoisotopic (exact) mass is 414 g/mol. The van der Waals surface area contributed by atoms with Crippen LogP contribution in [0.2, 0.25) is 0 Å². The van der Waals surface area contributed by atoms with Gasteiger partial charge in [0, 0.05) is 17.9 Å². The molecule has 0 spiro atoms. The van der Waals surface area contributed by atoms with E-state index in [0.717, 1.165) is 27.4 Å². The van der Waals surface area contributed by atoms with Crippen LogP contribution in [0.4, 0.5) is 0 Å². The Labute approximate surface area is 172 Å². The van der Waals surface area contributed by atoms with Gasteiger partial charge >= 0.3 is 5.97 Å².